The maximum atomic E-state index is 13.3. The molecule has 4 nitrogen and oxygen atoms in total. The Morgan fingerprint density at radius 3 is 2.53 bits per heavy atom. The molecule has 1 atom stereocenters. The van der Waals surface area contributed by atoms with E-state index in [1.807, 2.05) is 0 Å². The molecule has 0 aliphatic rings. The maximum absolute atomic E-state index is 13.3. The van der Waals surface area contributed by atoms with Gasteiger partial charge in [0.15, 0.2) is 17.7 Å². The van der Waals surface area contributed by atoms with Crippen LogP contribution in [0.2, 0.25) is 0 Å². The molecule has 0 N–H and O–H groups in total. The standard InChI is InChI=1S/C9H6ClF2NO3S/c1-5(4-13)16-9-7(12)2-6(11)3-8(9)17(10,14)15/h2-3,5H,1H3. The third-order valence-corrected chi connectivity index (χ3v) is 3.04. The van der Waals surface area contributed by atoms with E-state index in [2.05, 4.69) is 0 Å². The maximum Gasteiger partial charge on any atom is 0.265 e. The second kappa shape index (κ2) is 4.85. The van der Waals surface area contributed by atoms with Crippen LogP contribution in [0, 0.1) is 23.0 Å². The molecule has 8 heteroatoms. The van der Waals surface area contributed by atoms with Gasteiger partial charge >= 0.3 is 0 Å². The summed E-state index contributed by atoms with van der Waals surface area (Å²) in [5.74, 6) is -3.12. The van der Waals surface area contributed by atoms with Gasteiger partial charge in [-0.05, 0) is 13.0 Å². The van der Waals surface area contributed by atoms with Crippen LogP contribution in [0.15, 0.2) is 17.0 Å². The third kappa shape index (κ3) is 3.28. The minimum absolute atomic E-state index is 0.436. The molecule has 0 bridgehead atoms. The highest BCUT2D eigenvalue weighted by Crippen LogP contribution is 2.31. The molecule has 92 valence electrons. The number of rotatable bonds is 3. The summed E-state index contributed by atoms with van der Waals surface area (Å²) in [6.45, 7) is 1.27. The Morgan fingerprint density at radius 2 is 2.06 bits per heavy atom. The summed E-state index contributed by atoms with van der Waals surface area (Å²) in [5, 5.41) is 8.48. The number of nitrogens with zero attached hydrogens (tertiary/aromatic N) is 1. The van der Waals surface area contributed by atoms with Crippen LogP contribution < -0.4 is 4.74 Å². The first-order valence-corrected chi connectivity index (χ1v) is 6.56. The lowest BCUT2D eigenvalue weighted by molar-refractivity contribution is 0.254. The Kier molecular flexibility index (Phi) is 3.91. The van der Waals surface area contributed by atoms with Crippen LogP contribution in [-0.4, -0.2) is 14.5 Å². The van der Waals surface area contributed by atoms with Crippen molar-refractivity contribution < 1.29 is 21.9 Å². The molecular weight excluding hydrogens is 276 g/mol. The molecule has 1 unspecified atom stereocenters. The van der Waals surface area contributed by atoms with E-state index in [0.717, 1.165) is 0 Å². The van der Waals surface area contributed by atoms with Gasteiger partial charge in [-0.3, -0.25) is 0 Å². The molecule has 1 aromatic rings. The molecule has 0 saturated carbocycles. The largest absolute Gasteiger partial charge is 0.471 e. The smallest absolute Gasteiger partial charge is 0.265 e. The lowest BCUT2D eigenvalue weighted by Crippen LogP contribution is -2.12. The number of nitriles is 1. The second-order valence-corrected chi connectivity index (χ2v) is 5.58. The minimum atomic E-state index is -4.37. The average molecular weight is 282 g/mol. The lowest BCUT2D eigenvalue weighted by atomic mass is 10.3. The first-order chi connectivity index (χ1) is 7.75. The van der Waals surface area contributed by atoms with Crippen LogP contribution in [-0.2, 0) is 9.05 Å². The van der Waals surface area contributed by atoms with Crippen molar-refractivity contribution in [3.63, 3.8) is 0 Å². The van der Waals surface area contributed by atoms with Crippen LogP contribution in [0.3, 0.4) is 0 Å². The second-order valence-electron chi connectivity index (χ2n) is 3.04. The van der Waals surface area contributed by atoms with E-state index < -0.39 is 37.4 Å². The van der Waals surface area contributed by atoms with E-state index in [1.54, 1.807) is 6.07 Å². The molecule has 0 fully saturated rings. The number of halogens is 3. The van der Waals surface area contributed by atoms with Crippen LogP contribution in [0.4, 0.5) is 8.78 Å². The fraction of sp³-hybridized carbons (Fsp3) is 0.222. The molecule has 0 amide bonds. The average Bonchev–Trinajstić information content (AvgIpc) is 2.19. The predicted octanol–water partition coefficient (Wildman–Crippen LogP) is 2.18. The first-order valence-electron chi connectivity index (χ1n) is 4.25. The van der Waals surface area contributed by atoms with E-state index in [0.29, 0.717) is 12.1 Å². The van der Waals surface area contributed by atoms with Gasteiger partial charge in [0.2, 0.25) is 0 Å². The SMILES string of the molecule is CC(C#N)Oc1c(F)cc(F)cc1S(=O)(=O)Cl. The van der Waals surface area contributed by atoms with Gasteiger partial charge in [0.05, 0.1) is 0 Å². The van der Waals surface area contributed by atoms with Crippen LogP contribution in [0.25, 0.3) is 0 Å². The van der Waals surface area contributed by atoms with Crippen LogP contribution in [0.5, 0.6) is 5.75 Å². The van der Waals surface area contributed by atoms with Crippen molar-refractivity contribution >= 4 is 19.7 Å². The van der Waals surface area contributed by atoms with E-state index in [9.17, 15) is 17.2 Å². The summed E-state index contributed by atoms with van der Waals surface area (Å²) >= 11 is 0. The van der Waals surface area contributed by atoms with Crippen molar-refractivity contribution in [2.45, 2.75) is 17.9 Å². The topological polar surface area (TPSA) is 67.2 Å². The molecule has 0 aromatic heterocycles. The molecule has 0 radical (unpaired) electrons. The monoisotopic (exact) mass is 281 g/mol. The van der Waals surface area contributed by atoms with Gasteiger partial charge in [-0.25, -0.2) is 17.2 Å². The Morgan fingerprint density at radius 1 is 1.47 bits per heavy atom. The van der Waals surface area contributed by atoms with Crippen LogP contribution in [0.1, 0.15) is 6.92 Å². The summed E-state index contributed by atoms with van der Waals surface area (Å²) in [4.78, 5) is -0.848. The predicted molar refractivity (Wildman–Crippen MR) is 55.1 cm³/mol. The van der Waals surface area contributed by atoms with Crippen molar-refractivity contribution in [1.29, 1.82) is 5.26 Å². The number of ether oxygens (including phenoxy) is 1. The van der Waals surface area contributed by atoms with Gasteiger partial charge in [-0.15, -0.1) is 0 Å². The molecule has 0 saturated heterocycles. The Labute approximate surface area is 101 Å². The lowest BCUT2D eigenvalue weighted by Gasteiger charge is -2.11. The number of benzene rings is 1. The van der Waals surface area contributed by atoms with Gasteiger partial charge < -0.3 is 4.74 Å². The van der Waals surface area contributed by atoms with Crippen molar-refractivity contribution in [2.24, 2.45) is 0 Å². The zero-order valence-electron chi connectivity index (χ0n) is 8.45. The zero-order valence-corrected chi connectivity index (χ0v) is 10.0. The van der Waals surface area contributed by atoms with Gasteiger partial charge in [0.25, 0.3) is 9.05 Å². The van der Waals surface area contributed by atoms with E-state index in [1.165, 1.54) is 6.92 Å². The molecule has 0 aliphatic heterocycles. The normalized spacial score (nSPS) is 12.9. The number of hydrogen-bond donors (Lipinski definition) is 0. The molecule has 0 spiro atoms. The zero-order chi connectivity index (χ0) is 13.2. The number of hydrogen-bond acceptors (Lipinski definition) is 4. The van der Waals surface area contributed by atoms with Crippen molar-refractivity contribution in [1.82, 2.24) is 0 Å². The summed E-state index contributed by atoms with van der Waals surface area (Å²) in [5.41, 5.74) is 0. The Bertz CT molecular complexity index is 583. The molecule has 1 rings (SSSR count). The van der Waals surface area contributed by atoms with Gasteiger partial charge in [-0.1, -0.05) is 0 Å². The molecular formula is C9H6ClF2NO3S. The van der Waals surface area contributed by atoms with E-state index >= 15 is 0 Å². The van der Waals surface area contributed by atoms with E-state index in [4.69, 9.17) is 20.7 Å². The summed E-state index contributed by atoms with van der Waals surface area (Å²) in [6.07, 6.45) is -1.10. The van der Waals surface area contributed by atoms with E-state index in [-0.39, 0.29) is 0 Å². The first kappa shape index (κ1) is 13.7. The highest BCUT2D eigenvalue weighted by Gasteiger charge is 2.23. The fourth-order valence-electron chi connectivity index (χ4n) is 1.04. The quantitative estimate of drug-likeness (QED) is 0.797. The molecule has 1 aromatic carbocycles. The molecule has 0 heterocycles. The van der Waals surface area contributed by atoms with Gasteiger partial charge in [0, 0.05) is 16.7 Å². The summed E-state index contributed by atoms with van der Waals surface area (Å²) < 4.78 is 53.1. The van der Waals surface area contributed by atoms with Crippen LogP contribution >= 0.6 is 10.7 Å². The summed E-state index contributed by atoms with van der Waals surface area (Å²) in [6, 6.07) is 2.57. The molecule has 0 aliphatic carbocycles. The fourth-order valence-corrected chi connectivity index (χ4v) is 2.00. The Balaban J connectivity index is 3.43. The highest BCUT2D eigenvalue weighted by molar-refractivity contribution is 8.13. The Hall–Kier alpha value is -1.39. The van der Waals surface area contributed by atoms with Crippen molar-refractivity contribution in [3.8, 4) is 11.8 Å². The van der Waals surface area contributed by atoms with Crippen molar-refractivity contribution in [3.05, 3.63) is 23.8 Å². The van der Waals surface area contributed by atoms with Crippen molar-refractivity contribution in [2.75, 3.05) is 0 Å². The summed E-state index contributed by atoms with van der Waals surface area (Å²) in [7, 11) is 0.636. The highest BCUT2D eigenvalue weighted by atomic mass is 35.7. The van der Waals surface area contributed by atoms with Gasteiger partial charge in [-0.2, -0.15) is 5.26 Å². The molecule has 17 heavy (non-hydrogen) atoms. The minimum Gasteiger partial charge on any atom is -0.471 e. The van der Waals surface area contributed by atoms with Gasteiger partial charge in [0.1, 0.15) is 16.8 Å². The third-order valence-electron chi connectivity index (χ3n) is 1.71.